The van der Waals surface area contributed by atoms with Crippen LogP contribution in [0.2, 0.25) is 0 Å². The minimum atomic E-state index is -0.374. The van der Waals surface area contributed by atoms with E-state index in [1.807, 2.05) is 42.2 Å². The molecule has 2 heterocycles. The van der Waals surface area contributed by atoms with Crippen molar-refractivity contribution in [2.24, 2.45) is 7.05 Å². The Hall–Kier alpha value is -2.48. The summed E-state index contributed by atoms with van der Waals surface area (Å²) >= 11 is 3.48. The number of aromatic nitrogens is 5. The summed E-state index contributed by atoms with van der Waals surface area (Å²) in [7, 11) is 3.23. The van der Waals surface area contributed by atoms with Gasteiger partial charge in [0.05, 0.1) is 30.4 Å². The minimum Gasteiger partial charge on any atom is -0.465 e. The van der Waals surface area contributed by atoms with Crippen molar-refractivity contribution in [3.63, 3.8) is 0 Å². The van der Waals surface area contributed by atoms with Crippen molar-refractivity contribution in [2.45, 2.75) is 18.3 Å². The second kappa shape index (κ2) is 6.11. The molecule has 0 aliphatic heterocycles. The molecule has 0 spiro atoms. The number of hydrogen-bond acceptors (Lipinski definition) is 5. The van der Waals surface area contributed by atoms with Crippen molar-refractivity contribution in [1.29, 1.82) is 0 Å². The smallest absolute Gasteiger partial charge is 0.341 e. The molecule has 1 saturated carbocycles. The summed E-state index contributed by atoms with van der Waals surface area (Å²) in [6.07, 6.45) is 4.40. The first-order chi connectivity index (χ1) is 12.1. The zero-order chi connectivity index (χ0) is 17.6. The Labute approximate surface area is 152 Å². The molecule has 2 aromatic heterocycles. The predicted octanol–water partition coefficient (Wildman–Crippen LogP) is 2.82. The number of ether oxygens (including phenoxy) is 1. The molecule has 3 aromatic rings. The predicted molar refractivity (Wildman–Crippen MR) is 93.7 cm³/mol. The highest BCUT2D eigenvalue weighted by atomic mass is 79.9. The average molecular weight is 402 g/mol. The standard InChI is InChI=1S/C17H16BrN5O2/c1-22-9-15(20-21-22)12-7-13(12)16-14(17(24)25-2)8-19-23(16)11-5-3-4-10(18)6-11/h3-6,8-9,12-13H,7H2,1-2H3. The van der Waals surface area contributed by atoms with Gasteiger partial charge in [0.25, 0.3) is 0 Å². The molecule has 7 nitrogen and oxygen atoms in total. The molecule has 25 heavy (non-hydrogen) atoms. The summed E-state index contributed by atoms with van der Waals surface area (Å²) in [5, 5.41) is 12.7. The molecule has 0 amide bonds. The molecule has 0 radical (unpaired) electrons. The highest BCUT2D eigenvalue weighted by Crippen LogP contribution is 2.55. The lowest BCUT2D eigenvalue weighted by molar-refractivity contribution is 0.0599. The molecule has 1 aliphatic rings. The van der Waals surface area contributed by atoms with E-state index in [9.17, 15) is 4.79 Å². The van der Waals surface area contributed by atoms with Crippen molar-refractivity contribution in [3.05, 3.63) is 58.1 Å². The SMILES string of the molecule is COC(=O)c1cnn(-c2cccc(Br)c2)c1C1CC1c1cn(C)nn1. The Kier molecular flexibility index (Phi) is 3.91. The van der Waals surface area contributed by atoms with Crippen molar-refractivity contribution in [1.82, 2.24) is 24.8 Å². The molecule has 1 aromatic carbocycles. The largest absolute Gasteiger partial charge is 0.465 e. The van der Waals surface area contributed by atoms with Crippen molar-refractivity contribution in [2.75, 3.05) is 7.11 Å². The number of aryl methyl sites for hydroxylation is 1. The first-order valence-electron chi connectivity index (χ1n) is 7.87. The Balaban J connectivity index is 1.77. The third kappa shape index (κ3) is 2.86. The van der Waals surface area contributed by atoms with Gasteiger partial charge in [0.1, 0.15) is 5.56 Å². The van der Waals surface area contributed by atoms with E-state index >= 15 is 0 Å². The minimum absolute atomic E-state index is 0.160. The van der Waals surface area contributed by atoms with Crippen molar-refractivity contribution in [3.8, 4) is 5.69 Å². The van der Waals surface area contributed by atoms with E-state index in [0.29, 0.717) is 5.56 Å². The third-order valence-electron chi connectivity index (χ3n) is 4.41. The van der Waals surface area contributed by atoms with Crippen molar-refractivity contribution >= 4 is 21.9 Å². The maximum Gasteiger partial charge on any atom is 0.341 e. The van der Waals surface area contributed by atoms with Gasteiger partial charge in [-0.1, -0.05) is 27.2 Å². The summed E-state index contributed by atoms with van der Waals surface area (Å²) in [6, 6.07) is 7.82. The highest BCUT2D eigenvalue weighted by Gasteiger charge is 2.46. The van der Waals surface area contributed by atoms with Crippen LogP contribution in [0.25, 0.3) is 5.69 Å². The summed E-state index contributed by atoms with van der Waals surface area (Å²) in [6.45, 7) is 0. The molecule has 128 valence electrons. The van der Waals surface area contributed by atoms with E-state index in [1.54, 1.807) is 10.9 Å². The number of methoxy groups -OCH3 is 1. The number of nitrogens with zero attached hydrogens (tertiary/aromatic N) is 5. The monoisotopic (exact) mass is 401 g/mol. The lowest BCUT2D eigenvalue weighted by atomic mass is 10.1. The average Bonchev–Trinajstić information content (AvgIpc) is 3.06. The number of carbonyl (C=O) groups is 1. The lowest BCUT2D eigenvalue weighted by Gasteiger charge is -2.09. The molecule has 2 atom stereocenters. The van der Waals surface area contributed by atoms with Crippen LogP contribution in [0.4, 0.5) is 0 Å². The van der Waals surface area contributed by atoms with Crippen LogP contribution in [0.3, 0.4) is 0 Å². The maximum absolute atomic E-state index is 12.2. The number of esters is 1. The van der Waals surface area contributed by atoms with Crippen LogP contribution in [0.1, 0.15) is 40.0 Å². The van der Waals surface area contributed by atoms with E-state index in [-0.39, 0.29) is 17.8 Å². The summed E-state index contributed by atoms with van der Waals surface area (Å²) in [5.41, 5.74) is 3.19. The Bertz CT molecular complexity index is 948. The summed E-state index contributed by atoms with van der Waals surface area (Å²) in [5.74, 6) is 0.0213. The fraction of sp³-hybridized carbons (Fsp3) is 0.294. The molecule has 0 N–H and O–H groups in total. The third-order valence-corrected chi connectivity index (χ3v) is 4.90. The van der Waals surface area contributed by atoms with Gasteiger partial charge in [-0.3, -0.25) is 4.68 Å². The molecule has 1 fully saturated rings. The van der Waals surface area contributed by atoms with Gasteiger partial charge in [0.15, 0.2) is 0 Å². The van der Waals surface area contributed by atoms with Gasteiger partial charge in [0, 0.05) is 29.6 Å². The van der Waals surface area contributed by atoms with Crippen LogP contribution in [-0.2, 0) is 11.8 Å². The molecule has 8 heteroatoms. The zero-order valence-electron chi connectivity index (χ0n) is 13.8. The van der Waals surface area contributed by atoms with E-state index in [0.717, 1.165) is 28.0 Å². The Morgan fingerprint density at radius 1 is 1.36 bits per heavy atom. The fourth-order valence-corrected chi connectivity index (χ4v) is 3.54. The van der Waals surface area contributed by atoms with Gasteiger partial charge in [-0.2, -0.15) is 5.10 Å². The topological polar surface area (TPSA) is 74.8 Å². The van der Waals surface area contributed by atoms with Crippen molar-refractivity contribution < 1.29 is 9.53 Å². The van der Waals surface area contributed by atoms with E-state index < -0.39 is 0 Å². The first-order valence-corrected chi connectivity index (χ1v) is 8.66. The van der Waals surface area contributed by atoms with Gasteiger partial charge in [-0.05, 0) is 24.6 Å². The normalized spacial score (nSPS) is 19.0. The summed E-state index contributed by atoms with van der Waals surface area (Å²) in [4.78, 5) is 12.2. The van der Waals surface area contributed by atoms with Gasteiger partial charge < -0.3 is 4.74 Å². The van der Waals surface area contributed by atoms with Crippen LogP contribution < -0.4 is 0 Å². The Morgan fingerprint density at radius 2 is 2.20 bits per heavy atom. The fourth-order valence-electron chi connectivity index (χ4n) is 3.15. The number of hydrogen-bond donors (Lipinski definition) is 0. The van der Waals surface area contributed by atoms with Crippen LogP contribution in [0.5, 0.6) is 0 Å². The number of rotatable bonds is 4. The Morgan fingerprint density at radius 3 is 2.88 bits per heavy atom. The lowest BCUT2D eigenvalue weighted by Crippen LogP contribution is -2.08. The molecule has 1 aliphatic carbocycles. The highest BCUT2D eigenvalue weighted by molar-refractivity contribution is 9.10. The molecule has 0 saturated heterocycles. The zero-order valence-corrected chi connectivity index (χ0v) is 15.3. The number of benzene rings is 1. The molecule has 2 unspecified atom stereocenters. The first kappa shape index (κ1) is 16.0. The van der Waals surface area contributed by atoms with E-state index in [2.05, 4.69) is 31.3 Å². The van der Waals surface area contributed by atoms with E-state index in [1.165, 1.54) is 7.11 Å². The molecular weight excluding hydrogens is 386 g/mol. The van der Waals surface area contributed by atoms with Crippen LogP contribution in [0, 0.1) is 0 Å². The van der Waals surface area contributed by atoms with Gasteiger partial charge >= 0.3 is 5.97 Å². The van der Waals surface area contributed by atoms with Gasteiger partial charge in [-0.15, -0.1) is 5.10 Å². The van der Waals surface area contributed by atoms with E-state index in [4.69, 9.17) is 4.74 Å². The molecule has 0 bridgehead atoms. The second-order valence-corrected chi connectivity index (χ2v) is 7.01. The number of carbonyl (C=O) groups excluding carboxylic acids is 1. The molecule has 4 rings (SSSR count). The second-order valence-electron chi connectivity index (χ2n) is 6.09. The number of halogens is 1. The quantitative estimate of drug-likeness (QED) is 0.628. The van der Waals surface area contributed by atoms with Crippen LogP contribution in [0.15, 0.2) is 41.1 Å². The molecular formula is C17H16BrN5O2. The maximum atomic E-state index is 12.2. The van der Waals surface area contributed by atoms with Crippen LogP contribution >= 0.6 is 15.9 Å². The van der Waals surface area contributed by atoms with Gasteiger partial charge in [0.2, 0.25) is 0 Å². The summed E-state index contributed by atoms with van der Waals surface area (Å²) < 4.78 is 9.40. The van der Waals surface area contributed by atoms with Gasteiger partial charge in [-0.25, -0.2) is 9.48 Å². The van der Waals surface area contributed by atoms with Crippen LogP contribution in [-0.4, -0.2) is 37.9 Å².